The molecule has 0 spiro atoms. The number of carbonyl (C=O) groups excluding carboxylic acids is 2. The van der Waals surface area contributed by atoms with Crippen molar-refractivity contribution in [1.82, 2.24) is 0 Å². The number of Topliss-reactive ketones (excluding diaryl/α,β-unsaturated/α-hetero) is 2. The summed E-state index contributed by atoms with van der Waals surface area (Å²) in [4.78, 5) is 21.9. The molecule has 0 amide bonds. The van der Waals surface area contributed by atoms with Crippen molar-refractivity contribution in [2.45, 2.75) is 26.7 Å². The lowest BCUT2D eigenvalue weighted by Crippen LogP contribution is -2.03. The van der Waals surface area contributed by atoms with Crippen molar-refractivity contribution in [3.63, 3.8) is 0 Å². The van der Waals surface area contributed by atoms with E-state index in [1.165, 1.54) is 6.92 Å². The third-order valence-corrected chi connectivity index (χ3v) is 1.70. The summed E-state index contributed by atoms with van der Waals surface area (Å²) in [6.45, 7) is 3.67. The van der Waals surface area contributed by atoms with Crippen molar-refractivity contribution in [2.24, 2.45) is 0 Å². The average Bonchev–Trinajstić information content (AvgIpc) is 2.10. The van der Waals surface area contributed by atoms with Gasteiger partial charge in [0.05, 0.1) is 6.61 Å². The number of rotatable bonds is 6. The second kappa shape index (κ2) is 6.54. The van der Waals surface area contributed by atoms with Gasteiger partial charge in [-0.2, -0.15) is 0 Å². The minimum atomic E-state index is 0.0206. The first-order valence-corrected chi connectivity index (χ1v) is 4.26. The zero-order chi connectivity index (χ0) is 10.3. The predicted molar refractivity (Wildman–Crippen MR) is 50.6 cm³/mol. The van der Waals surface area contributed by atoms with Crippen LogP contribution in [-0.2, 0) is 14.3 Å². The van der Waals surface area contributed by atoms with Gasteiger partial charge in [0.2, 0.25) is 0 Å². The number of carbonyl (C=O) groups is 2. The number of ether oxygens (including phenoxy) is 1. The quantitative estimate of drug-likeness (QED) is 0.588. The molecule has 0 saturated heterocycles. The maximum Gasteiger partial charge on any atom is 0.158 e. The summed E-state index contributed by atoms with van der Waals surface area (Å²) >= 11 is 0. The molecule has 0 fully saturated rings. The summed E-state index contributed by atoms with van der Waals surface area (Å²) in [7, 11) is 1.57. The zero-order valence-electron chi connectivity index (χ0n) is 8.42. The molecule has 13 heavy (non-hydrogen) atoms. The van der Waals surface area contributed by atoms with Crippen LogP contribution in [0.25, 0.3) is 0 Å². The molecule has 0 bridgehead atoms. The number of ketones is 2. The van der Waals surface area contributed by atoms with E-state index < -0.39 is 0 Å². The molecule has 0 aliphatic rings. The van der Waals surface area contributed by atoms with Crippen molar-refractivity contribution in [2.75, 3.05) is 13.7 Å². The van der Waals surface area contributed by atoms with Crippen LogP contribution in [0.2, 0.25) is 0 Å². The maximum atomic E-state index is 11.3. The lowest BCUT2D eigenvalue weighted by Gasteiger charge is -1.98. The van der Waals surface area contributed by atoms with Crippen LogP contribution in [0.4, 0.5) is 0 Å². The van der Waals surface area contributed by atoms with Gasteiger partial charge in [-0.15, -0.1) is 0 Å². The number of allylic oxidation sites excluding steroid dienone is 1. The van der Waals surface area contributed by atoms with Gasteiger partial charge in [-0.1, -0.05) is 6.08 Å². The van der Waals surface area contributed by atoms with E-state index in [9.17, 15) is 9.59 Å². The highest BCUT2D eigenvalue weighted by Crippen LogP contribution is 2.02. The Balaban J connectivity index is 3.89. The monoisotopic (exact) mass is 184 g/mol. The van der Waals surface area contributed by atoms with Crippen molar-refractivity contribution in [3.8, 4) is 0 Å². The average molecular weight is 184 g/mol. The summed E-state index contributed by atoms with van der Waals surface area (Å²) in [6, 6.07) is 0. The molecule has 0 aliphatic heterocycles. The first kappa shape index (κ1) is 12.0. The van der Waals surface area contributed by atoms with Crippen LogP contribution >= 0.6 is 0 Å². The molecule has 0 aromatic carbocycles. The van der Waals surface area contributed by atoms with Gasteiger partial charge in [-0.3, -0.25) is 4.79 Å². The smallest absolute Gasteiger partial charge is 0.158 e. The van der Waals surface area contributed by atoms with E-state index in [1.54, 1.807) is 20.1 Å². The van der Waals surface area contributed by atoms with E-state index in [2.05, 4.69) is 0 Å². The minimum Gasteiger partial charge on any atom is -0.381 e. The first-order chi connectivity index (χ1) is 6.07. The molecular formula is C10H16O3. The first-order valence-electron chi connectivity index (χ1n) is 4.26. The Bertz CT molecular complexity index is 216. The largest absolute Gasteiger partial charge is 0.381 e. The molecule has 0 aliphatic carbocycles. The Hall–Kier alpha value is -0.960. The van der Waals surface area contributed by atoms with Gasteiger partial charge >= 0.3 is 0 Å². The number of methoxy groups -OCH3 is 1. The lowest BCUT2D eigenvalue weighted by atomic mass is 10.1. The highest BCUT2D eigenvalue weighted by molar-refractivity contribution is 5.96. The Kier molecular flexibility index (Phi) is 6.06. The fourth-order valence-electron chi connectivity index (χ4n) is 0.809. The Morgan fingerprint density at radius 1 is 1.23 bits per heavy atom. The van der Waals surface area contributed by atoms with E-state index in [0.29, 0.717) is 25.0 Å². The highest BCUT2D eigenvalue weighted by atomic mass is 16.5. The molecule has 0 saturated carbocycles. The van der Waals surface area contributed by atoms with Gasteiger partial charge in [-0.25, -0.2) is 0 Å². The normalized spacial score (nSPS) is 11.5. The topological polar surface area (TPSA) is 43.4 Å². The second-order valence-electron chi connectivity index (χ2n) is 2.97. The molecule has 74 valence electrons. The van der Waals surface area contributed by atoms with Crippen LogP contribution in [0.5, 0.6) is 0 Å². The number of hydrogen-bond acceptors (Lipinski definition) is 3. The molecule has 3 heteroatoms. The third-order valence-electron chi connectivity index (χ3n) is 1.70. The number of hydrogen-bond donors (Lipinski definition) is 0. The van der Waals surface area contributed by atoms with E-state index >= 15 is 0 Å². The van der Waals surface area contributed by atoms with E-state index in [-0.39, 0.29) is 11.6 Å². The third kappa shape index (κ3) is 6.22. The molecule has 3 nitrogen and oxygen atoms in total. The van der Waals surface area contributed by atoms with Crippen LogP contribution in [0.3, 0.4) is 0 Å². The summed E-state index contributed by atoms with van der Waals surface area (Å²) in [5.41, 5.74) is 0.670. The Labute approximate surface area is 78.8 Å². The summed E-state index contributed by atoms with van der Waals surface area (Å²) < 4.78 is 4.79. The highest BCUT2D eigenvalue weighted by Gasteiger charge is 2.05. The second-order valence-corrected chi connectivity index (χ2v) is 2.97. The van der Waals surface area contributed by atoms with Crippen molar-refractivity contribution < 1.29 is 14.3 Å². The molecule has 0 N–H and O–H groups in total. The molecule has 0 unspecified atom stereocenters. The fraction of sp³-hybridized carbons (Fsp3) is 0.600. The molecular weight excluding hydrogens is 168 g/mol. The molecule has 0 rings (SSSR count). The standard InChI is InChI=1S/C10H16O3/c1-8(6-7-13-3)10(12)5-4-9(2)11/h6H,4-5,7H2,1-3H3/b8-6+. The molecule has 0 aromatic heterocycles. The molecule has 0 aromatic rings. The maximum absolute atomic E-state index is 11.3. The molecule has 0 radical (unpaired) electrons. The van der Waals surface area contributed by atoms with Crippen molar-refractivity contribution >= 4 is 11.6 Å². The minimum absolute atomic E-state index is 0.0206. The van der Waals surface area contributed by atoms with Gasteiger partial charge in [0.15, 0.2) is 5.78 Å². The molecule has 0 heterocycles. The molecule has 0 atom stereocenters. The van der Waals surface area contributed by atoms with Crippen molar-refractivity contribution in [1.29, 1.82) is 0 Å². The summed E-state index contributed by atoms with van der Waals surface area (Å²) in [5, 5.41) is 0. The van der Waals surface area contributed by atoms with E-state index in [1.807, 2.05) is 0 Å². The van der Waals surface area contributed by atoms with Crippen LogP contribution in [-0.4, -0.2) is 25.3 Å². The predicted octanol–water partition coefficient (Wildman–Crippen LogP) is 1.52. The fourth-order valence-corrected chi connectivity index (χ4v) is 0.809. The van der Waals surface area contributed by atoms with E-state index in [4.69, 9.17) is 4.74 Å². The zero-order valence-corrected chi connectivity index (χ0v) is 8.42. The lowest BCUT2D eigenvalue weighted by molar-refractivity contribution is -0.121. The van der Waals surface area contributed by atoms with Crippen LogP contribution < -0.4 is 0 Å². The van der Waals surface area contributed by atoms with Gasteiger partial charge in [0.25, 0.3) is 0 Å². The van der Waals surface area contributed by atoms with E-state index in [0.717, 1.165) is 0 Å². The Morgan fingerprint density at radius 2 is 1.85 bits per heavy atom. The summed E-state index contributed by atoms with van der Waals surface area (Å²) in [5.74, 6) is 0.0696. The van der Waals surface area contributed by atoms with Crippen LogP contribution in [0.15, 0.2) is 11.6 Å². The van der Waals surface area contributed by atoms with Crippen molar-refractivity contribution in [3.05, 3.63) is 11.6 Å². The van der Waals surface area contributed by atoms with Crippen LogP contribution in [0.1, 0.15) is 26.7 Å². The van der Waals surface area contributed by atoms with Gasteiger partial charge < -0.3 is 9.53 Å². The van der Waals surface area contributed by atoms with Gasteiger partial charge in [0.1, 0.15) is 5.78 Å². The van der Waals surface area contributed by atoms with Gasteiger partial charge in [-0.05, 0) is 19.4 Å². The van der Waals surface area contributed by atoms with Crippen LogP contribution in [0, 0.1) is 0 Å². The van der Waals surface area contributed by atoms with Gasteiger partial charge in [0, 0.05) is 20.0 Å². The Morgan fingerprint density at radius 3 is 2.31 bits per heavy atom. The SMILES string of the molecule is COC/C=C(\C)C(=O)CCC(C)=O. The summed E-state index contributed by atoms with van der Waals surface area (Å²) in [6.07, 6.45) is 2.36.